The van der Waals surface area contributed by atoms with Crippen LogP contribution in [0.2, 0.25) is 0 Å². The summed E-state index contributed by atoms with van der Waals surface area (Å²) < 4.78 is 34.2. The van der Waals surface area contributed by atoms with Crippen LogP contribution in [-0.4, -0.2) is 42.0 Å². The molecule has 0 aliphatic carbocycles. The Balaban J connectivity index is 0.00000320. The van der Waals surface area contributed by atoms with E-state index >= 15 is 0 Å². The second-order valence-electron chi connectivity index (χ2n) is 9.12. The number of rotatable bonds is 7. The van der Waals surface area contributed by atoms with E-state index in [9.17, 15) is 18.7 Å². The number of likely N-dealkylation sites (tertiary alicyclic amines) is 1. The normalized spacial score (nSPS) is 13.8. The third-order valence-corrected chi connectivity index (χ3v) is 6.69. The highest BCUT2D eigenvalue weighted by atomic mass is 35.5. The van der Waals surface area contributed by atoms with Crippen molar-refractivity contribution in [3.63, 3.8) is 0 Å². The van der Waals surface area contributed by atoms with Crippen molar-refractivity contribution in [1.82, 2.24) is 4.90 Å². The summed E-state index contributed by atoms with van der Waals surface area (Å²) in [6.07, 6.45) is 3.75. The maximum Gasteiger partial charge on any atom is 0.194 e. The Morgan fingerprint density at radius 1 is 0.865 bits per heavy atom. The highest BCUT2D eigenvalue weighted by Crippen LogP contribution is 2.35. The molecule has 5 rings (SSSR count). The summed E-state index contributed by atoms with van der Waals surface area (Å²) in [5.41, 5.74) is 1.20. The molecule has 0 bridgehead atoms. The van der Waals surface area contributed by atoms with Crippen molar-refractivity contribution in [2.75, 3.05) is 26.2 Å². The molecular weight excluding hydrogens is 496 g/mol. The van der Waals surface area contributed by atoms with Gasteiger partial charge in [-0.1, -0.05) is 18.6 Å². The quantitative estimate of drug-likeness (QED) is 0.265. The number of phenols is 1. The molecule has 0 spiro atoms. The van der Waals surface area contributed by atoms with Crippen LogP contribution >= 0.6 is 12.4 Å². The highest BCUT2D eigenvalue weighted by molar-refractivity contribution is 6.20. The van der Waals surface area contributed by atoms with Gasteiger partial charge in [0, 0.05) is 29.3 Å². The molecule has 4 aromatic carbocycles. The lowest BCUT2D eigenvalue weighted by Gasteiger charge is -2.26. The third-order valence-electron chi connectivity index (χ3n) is 6.69. The van der Waals surface area contributed by atoms with Crippen molar-refractivity contribution in [2.45, 2.75) is 19.3 Å². The predicted octanol–water partition coefficient (Wildman–Crippen LogP) is 7.01. The van der Waals surface area contributed by atoms with Crippen LogP contribution in [-0.2, 0) is 0 Å². The molecular formula is C30H28ClF2NO3. The summed E-state index contributed by atoms with van der Waals surface area (Å²) in [4.78, 5) is 16.1. The maximum atomic E-state index is 14.7. The van der Waals surface area contributed by atoms with Gasteiger partial charge >= 0.3 is 0 Å². The Labute approximate surface area is 220 Å². The number of aromatic hydroxyl groups is 1. The van der Waals surface area contributed by atoms with Gasteiger partial charge in [-0.05, 0) is 96.9 Å². The molecule has 4 nitrogen and oxygen atoms in total. The average Bonchev–Trinajstić information content (AvgIpc) is 2.89. The first-order valence-electron chi connectivity index (χ1n) is 12.2. The molecule has 7 heteroatoms. The Bertz CT molecular complexity index is 1400. The zero-order chi connectivity index (χ0) is 25.1. The third kappa shape index (κ3) is 5.92. The minimum Gasteiger partial charge on any atom is -0.508 e. The molecule has 0 saturated carbocycles. The van der Waals surface area contributed by atoms with Crippen LogP contribution in [0.3, 0.4) is 0 Å². The second-order valence-corrected chi connectivity index (χ2v) is 9.12. The number of halogens is 3. The summed E-state index contributed by atoms with van der Waals surface area (Å²) in [7, 11) is 0. The first-order chi connectivity index (χ1) is 17.5. The van der Waals surface area contributed by atoms with Crippen LogP contribution in [0.1, 0.15) is 35.2 Å². The molecule has 0 aromatic heterocycles. The number of ether oxygens (including phenoxy) is 1. The Morgan fingerprint density at radius 3 is 2.32 bits per heavy atom. The Hall–Kier alpha value is -3.48. The summed E-state index contributed by atoms with van der Waals surface area (Å²) >= 11 is 0. The number of piperidine rings is 1. The zero-order valence-corrected chi connectivity index (χ0v) is 21.1. The van der Waals surface area contributed by atoms with E-state index in [-0.39, 0.29) is 35.1 Å². The fraction of sp³-hybridized carbons (Fsp3) is 0.233. The molecule has 4 aromatic rings. The lowest BCUT2D eigenvalue weighted by molar-refractivity contribution is 0.104. The summed E-state index contributed by atoms with van der Waals surface area (Å²) in [5.74, 6) is -1.00. The number of ketones is 1. The van der Waals surface area contributed by atoms with Gasteiger partial charge in [0.25, 0.3) is 0 Å². The number of benzene rings is 4. The van der Waals surface area contributed by atoms with Crippen LogP contribution in [0.5, 0.6) is 11.5 Å². The monoisotopic (exact) mass is 523 g/mol. The number of carbonyl (C=O) groups is 1. The number of hydrogen-bond donors (Lipinski definition) is 1. The lowest BCUT2D eigenvalue weighted by Crippen LogP contribution is -2.33. The molecule has 192 valence electrons. The molecule has 0 unspecified atom stereocenters. The van der Waals surface area contributed by atoms with Crippen LogP contribution < -0.4 is 4.74 Å². The van der Waals surface area contributed by atoms with Crippen molar-refractivity contribution in [2.24, 2.45) is 0 Å². The molecule has 0 atom stereocenters. The summed E-state index contributed by atoms with van der Waals surface area (Å²) in [5, 5.41) is 11.1. The maximum absolute atomic E-state index is 14.7. The molecule has 0 amide bonds. The largest absolute Gasteiger partial charge is 0.508 e. The first-order valence-corrected chi connectivity index (χ1v) is 12.2. The van der Waals surface area contributed by atoms with Gasteiger partial charge in [0.2, 0.25) is 0 Å². The van der Waals surface area contributed by atoms with Gasteiger partial charge in [0.15, 0.2) is 5.78 Å². The Morgan fingerprint density at radius 2 is 1.59 bits per heavy atom. The van der Waals surface area contributed by atoms with E-state index in [1.807, 2.05) is 0 Å². The van der Waals surface area contributed by atoms with E-state index in [0.29, 0.717) is 34.3 Å². The Kier molecular flexibility index (Phi) is 8.41. The van der Waals surface area contributed by atoms with Gasteiger partial charge in [-0.2, -0.15) is 0 Å². The minimum absolute atomic E-state index is 0. The topological polar surface area (TPSA) is 49.8 Å². The standard InChI is InChI=1S/C30H27F2NO3.ClH/c31-22-7-12-26(28(32)19-22)27-11-6-21-18-23(34)8-13-25(21)29(27)30(35)20-4-9-24(10-5-20)36-17-16-33-14-2-1-3-15-33;/h4-13,18-19,34H,1-3,14-17H2;1H. The molecule has 1 aliphatic heterocycles. The number of nitrogens with zero attached hydrogens (tertiary/aromatic N) is 1. The van der Waals surface area contributed by atoms with E-state index in [0.717, 1.165) is 25.7 Å². The minimum atomic E-state index is -0.750. The summed E-state index contributed by atoms with van der Waals surface area (Å²) in [6.45, 7) is 3.66. The van der Waals surface area contributed by atoms with E-state index in [4.69, 9.17) is 4.74 Å². The lowest BCUT2D eigenvalue weighted by atomic mass is 9.89. The van der Waals surface area contributed by atoms with E-state index in [1.54, 1.807) is 48.5 Å². The molecule has 0 radical (unpaired) electrons. The van der Waals surface area contributed by atoms with Gasteiger partial charge in [-0.15, -0.1) is 12.4 Å². The van der Waals surface area contributed by atoms with Crippen LogP contribution in [0.25, 0.3) is 21.9 Å². The van der Waals surface area contributed by atoms with Crippen LogP contribution in [0, 0.1) is 11.6 Å². The molecule has 37 heavy (non-hydrogen) atoms. The number of carbonyl (C=O) groups excluding carboxylic acids is 1. The fourth-order valence-electron chi connectivity index (χ4n) is 4.82. The fourth-order valence-corrected chi connectivity index (χ4v) is 4.82. The van der Waals surface area contributed by atoms with E-state index in [2.05, 4.69) is 4.90 Å². The van der Waals surface area contributed by atoms with Crippen LogP contribution in [0.15, 0.2) is 72.8 Å². The molecule has 1 heterocycles. The van der Waals surface area contributed by atoms with Gasteiger partial charge in [0.1, 0.15) is 29.7 Å². The first kappa shape index (κ1) is 26.6. The summed E-state index contributed by atoms with van der Waals surface area (Å²) in [6, 6.07) is 18.3. The van der Waals surface area contributed by atoms with Crippen molar-refractivity contribution in [3.8, 4) is 22.6 Å². The van der Waals surface area contributed by atoms with Gasteiger partial charge in [-0.25, -0.2) is 8.78 Å². The van der Waals surface area contributed by atoms with Crippen molar-refractivity contribution >= 4 is 29.0 Å². The van der Waals surface area contributed by atoms with Gasteiger partial charge in [-0.3, -0.25) is 9.69 Å². The van der Waals surface area contributed by atoms with Gasteiger partial charge < -0.3 is 9.84 Å². The SMILES string of the molecule is Cl.O=C(c1ccc(OCCN2CCCCC2)cc1)c1c(-c2ccc(F)cc2F)ccc2cc(O)ccc12. The van der Waals surface area contributed by atoms with Crippen molar-refractivity contribution < 1.29 is 23.4 Å². The van der Waals surface area contributed by atoms with Crippen molar-refractivity contribution in [1.29, 1.82) is 0 Å². The van der Waals surface area contributed by atoms with Crippen LogP contribution in [0.4, 0.5) is 8.78 Å². The average molecular weight is 524 g/mol. The van der Waals surface area contributed by atoms with Crippen molar-refractivity contribution in [3.05, 3.63) is 95.6 Å². The van der Waals surface area contributed by atoms with E-state index in [1.165, 1.54) is 37.5 Å². The van der Waals surface area contributed by atoms with E-state index < -0.39 is 11.6 Å². The molecule has 1 aliphatic rings. The zero-order valence-electron chi connectivity index (χ0n) is 20.3. The molecule has 1 fully saturated rings. The van der Waals surface area contributed by atoms with Gasteiger partial charge in [0.05, 0.1) is 0 Å². The smallest absolute Gasteiger partial charge is 0.194 e. The highest BCUT2D eigenvalue weighted by Gasteiger charge is 2.21. The predicted molar refractivity (Wildman–Crippen MR) is 144 cm³/mol. The second kappa shape index (κ2) is 11.7. The number of fused-ring (bicyclic) bond motifs is 1. The number of hydrogen-bond acceptors (Lipinski definition) is 4. The number of phenolic OH excluding ortho intramolecular Hbond substituents is 1. The molecule has 1 saturated heterocycles. The molecule has 1 N–H and O–H groups in total.